The number of nitrogens with two attached hydrogens (primary N) is 2. The molecule has 0 fully saturated rings. The Morgan fingerprint density at radius 3 is 2.26 bits per heavy atom. The number of sulfone groups is 1. The molecule has 0 aliphatic heterocycles. The van der Waals surface area contributed by atoms with E-state index in [1.54, 1.807) is 6.07 Å². The molecule has 0 aliphatic carbocycles. The molecule has 0 spiro atoms. The Morgan fingerprint density at radius 2 is 1.84 bits per heavy atom. The van der Waals surface area contributed by atoms with Gasteiger partial charge < -0.3 is 16.6 Å². The van der Waals surface area contributed by atoms with E-state index in [0.29, 0.717) is 0 Å². The van der Waals surface area contributed by atoms with Gasteiger partial charge in [0, 0.05) is 4.47 Å². The summed E-state index contributed by atoms with van der Waals surface area (Å²) >= 11 is 3.01. The molecule has 9 heteroatoms. The van der Waals surface area contributed by atoms with Crippen LogP contribution in [-0.4, -0.2) is 30.3 Å². The largest absolute Gasteiger partial charge is 0.481 e. The molecule has 104 valence electrons. The molecule has 1 atom stereocenters. The van der Waals surface area contributed by atoms with Crippen molar-refractivity contribution in [3.63, 3.8) is 0 Å². The lowest BCUT2D eigenvalue weighted by atomic mass is 10.2. The van der Waals surface area contributed by atoms with Gasteiger partial charge in [-0.2, -0.15) is 0 Å². The molecular weight excluding hydrogens is 340 g/mol. The van der Waals surface area contributed by atoms with Crippen LogP contribution >= 0.6 is 15.9 Å². The van der Waals surface area contributed by atoms with Gasteiger partial charge in [0.1, 0.15) is 0 Å². The molecule has 19 heavy (non-hydrogen) atoms. The SMILES string of the molecule is NC(=O)[C@@](N)(CC(=O)O)S(=O)(=O)c1ccccc1Br. The molecule has 1 aromatic rings. The Labute approximate surface area is 117 Å². The zero-order valence-corrected chi connectivity index (χ0v) is 11.9. The summed E-state index contributed by atoms with van der Waals surface area (Å²) in [5.74, 6) is -2.97. The van der Waals surface area contributed by atoms with E-state index in [2.05, 4.69) is 15.9 Å². The Kier molecular flexibility index (Phi) is 4.33. The van der Waals surface area contributed by atoms with Crippen molar-refractivity contribution < 1.29 is 23.1 Å². The van der Waals surface area contributed by atoms with Gasteiger partial charge in [-0.3, -0.25) is 9.59 Å². The molecule has 7 nitrogen and oxygen atoms in total. The van der Waals surface area contributed by atoms with E-state index in [0.717, 1.165) is 0 Å². The molecule has 0 aromatic heterocycles. The van der Waals surface area contributed by atoms with Crippen LogP contribution in [0.5, 0.6) is 0 Å². The molecule has 0 radical (unpaired) electrons. The predicted molar refractivity (Wildman–Crippen MR) is 69.7 cm³/mol. The van der Waals surface area contributed by atoms with Gasteiger partial charge >= 0.3 is 5.97 Å². The van der Waals surface area contributed by atoms with Gasteiger partial charge in [0.25, 0.3) is 5.91 Å². The van der Waals surface area contributed by atoms with Crippen LogP contribution in [-0.2, 0) is 19.4 Å². The van der Waals surface area contributed by atoms with Crippen LogP contribution in [0.2, 0.25) is 0 Å². The highest BCUT2D eigenvalue weighted by molar-refractivity contribution is 9.10. The maximum Gasteiger partial charge on any atom is 0.306 e. The first-order valence-corrected chi connectivity index (χ1v) is 7.20. The number of carbonyl (C=O) groups is 2. The van der Waals surface area contributed by atoms with Crippen LogP contribution < -0.4 is 11.5 Å². The van der Waals surface area contributed by atoms with E-state index in [1.807, 2.05) is 0 Å². The van der Waals surface area contributed by atoms with Gasteiger partial charge in [-0.15, -0.1) is 0 Å². The lowest BCUT2D eigenvalue weighted by Crippen LogP contribution is -2.59. The summed E-state index contributed by atoms with van der Waals surface area (Å²) in [5, 5.41) is 8.71. The first kappa shape index (κ1) is 15.6. The van der Waals surface area contributed by atoms with Crippen molar-refractivity contribution in [3.8, 4) is 0 Å². The summed E-state index contributed by atoms with van der Waals surface area (Å²) in [6.07, 6.45) is -1.12. The Bertz CT molecular complexity index is 631. The van der Waals surface area contributed by atoms with Crippen LogP contribution in [0, 0.1) is 0 Å². The minimum Gasteiger partial charge on any atom is -0.481 e. The summed E-state index contributed by atoms with van der Waals surface area (Å²) in [6, 6.07) is 5.60. The Morgan fingerprint density at radius 1 is 1.32 bits per heavy atom. The third kappa shape index (κ3) is 2.77. The average Bonchev–Trinajstić information content (AvgIpc) is 2.27. The second-order valence-corrected chi connectivity index (χ2v) is 6.79. The summed E-state index contributed by atoms with van der Waals surface area (Å²) in [6.45, 7) is 0. The molecule has 0 saturated heterocycles. The number of hydrogen-bond donors (Lipinski definition) is 3. The second kappa shape index (κ2) is 5.27. The number of benzene rings is 1. The number of carbonyl (C=O) groups excluding carboxylic acids is 1. The fraction of sp³-hybridized carbons (Fsp3) is 0.200. The highest BCUT2D eigenvalue weighted by atomic mass is 79.9. The smallest absolute Gasteiger partial charge is 0.306 e. The molecule has 0 heterocycles. The van der Waals surface area contributed by atoms with Gasteiger partial charge in [-0.1, -0.05) is 12.1 Å². The number of carboxylic acid groups (broad SMARTS) is 1. The van der Waals surface area contributed by atoms with Crippen LogP contribution in [0.15, 0.2) is 33.6 Å². The minimum absolute atomic E-state index is 0.163. The first-order valence-electron chi connectivity index (χ1n) is 4.92. The lowest BCUT2D eigenvalue weighted by molar-refractivity contribution is -0.139. The van der Waals surface area contributed by atoms with Gasteiger partial charge in [0.05, 0.1) is 11.3 Å². The van der Waals surface area contributed by atoms with Gasteiger partial charge in [0.2, 0.25) is 14.7 Å². The Balaban J connectivity index is 3.50. The minimum atomic E-state index is -4.45. The van der Waals surface area contributed by atoms with Crippen molar-refractivity contribution >= 4 is 37.6 Å². The molecule has 0 saturated carbocycles. The van der Waals surface area contributed by atoms with Crippen molar-refractivity contribution in [1.29, 1.82) is 0 Å². The van der Waals surface area contributed by atoms with Gasteiger partial charge in [-0.25, -0.2) is 8.42 Å². The first-order chi connectivity index (χ1) is 8.63. The molecule has 0 unspecified atom stereocenters. The van der Waals surface area contributed by atoms with Crippen molar-refractivity contribution in [2.24, 2.45) is 11.5 Å². The number of hydrogen-bond acceptors (Lipinski definition) is 5. The number of aliphatic carboxylic acids is 1. The summed E-state index contributed by atoms with van der Waals surface area (Å²) in [4.78, 5) is 19.0. The normalized spacial score (nSPS) is 14.6. The van der Waals surface area contributed by atoms with Crippen LogP contribution in [0.25, 0.3) is 0 Å². The van der Waals surface area contributed by atoms with Crippen molar-refractivity contribution in [2.75, 3.05) is 0 Å². The van der Waals surface area contributed by atoms with E-state index in [4.69, 9.17) is 16.6 Å². The topological polar surface area (TPSA) is 141 Å². The Hall–Kier alpha value is -1.45. The summed E-state index contributed by atoms with van der Waals surface area (Å²) in [7, 11) is -4.45. The molecule has 1 aromatic carbocycles. The fourth-order valence-electron chi connectivity index (χ4n) is 1.40. The summed E-state index contributed by atoms with van der Waals surface area (Å²) in [5.41, 5.74) is 10.4. The number of primary amides is 1. The average molecular weight is 351 g/mol. The van der Waals surface area contributed by atoms with Crippen LogP contribution in [0.4, 0.5) is 0 Å². The highest BCUT2D eigenvalue weighted by Crippen LogP contribution is 2.30. The number of halogens is 1. The highest BCUT2D eigenvalue weighted by Gasteiger charge is 2.49. The number of rotatable bonds is 5. The molecule has 1 rings (SSSR count). The van der Waals surface area contributed by atoms with E-state index in [1.165, 1.54) is 18.2 Å². The standard InChI is InChI=1S/C10H11BrN2O5S/c11-6-3-1-2-4-7(6)19(17,18)10(13,9(12)16)5-8(14)15/h1-4H,5,13H2,(H2,12,16)(H,14,15)/t10-/m1/s1. The molecular formula is C10H11BrN2O5S. The van der Waals surface area contributed by atoms with E-state index in [-0.39, 0.29) is 9.37 Å². The third-order valence-electron chi connectivity index (χ3n) is 2.44. The maximum absolute atomic E-state index is 12.3. The number of amides is 1. The summed E-state index contributed by atoms with van der Waals surface area (Å²) < 4.78 is 24.8. The van der Waals surface area contributed by atoms with E-state index >= 15 is 0 Å². The van der Waals surface area contributed by atoms with E-state index < -0.39 is 33.0 Å². The molecule has 5 N–H and O–H groups in total. The van der Waals surface area contributed by atoms with Gasteiger partial charge in [-0.05, 0) is 28.1 Å². The fourth-order valence-corrected chi connectivity index (χ4v) is 3.88. The zero-order chi connectivity index (χ0) is 14.8. The van der Waals surface area contributed by atoms with Crippen molar-refractivity contribution in [3.05, 3.63) is 28.7 Å². The third-order valence-corrected chi connectivity index (χ3v) is 5.63. The van der Waals surface area contributed by atoms with Crippen LogP contribution in [0.3, 0.4) is 0 Å². The quantitative estimate of drug-likeness (QED) is 0.673. The number of carboxylic acids is 1. The molecule has 0 bridgehead atoms. The maximum atomic E-state index is 12.3. The molecule has 1 amide bonds. The van der Waals surface area contributed by atoms with Crippen molar-refractivity contribution in [2.45, 2.75) is 16.2 Å². The lowest BCUT2D eigenvalue weighted by Gasteiger charge is -2.24. The monoisotopic (exact) mass is 350 g/mol. The van der Waals surface area contributed by atoms with E-state index in [9.17, 15) is 18.0 Å². The second-order valence-electron chi connectivity index (χ2n) is 3.76. The van der Waals surface area contributed by atoms with Gasteiger partial charge in [0.15, 0.2) is 0 Å². The van der Waals surface area contributed by atoms with Crippen molar-refractivity contribution in [1.82, 2.24) is 0 Å². The van der Waals surface area contributed by atoms with Crippen LogP contribution in [0.1, 0.15) is 6.42 Å². The predicted octanol–water partition coefficient (Wildman–Crippen LogP) is -0.162. The zero-order valence-electron chi connectivity index (χ0n) is 9.54. The molecule has 0 aliphatic rings.